The third-order valence-corrected chi connectivity index (χ3v) is 3.95. The molecule has 2 rings (SSSR count). The van der Waals surface area contributed by atoms with Crippen molar-refractivity contribution in [3.05, 3.63) is 63.1 Å². The number of benzene rings is 2. The molecule has 0 aromatic heterocycles. The summed E-state index contributed by atoms with van der Waals surface area (Å²) in [5, 5.41) is 1.34. The summed E-state index contributed by atoms with van der Waals surface area (Å²) in [4.78, 5) is 23.8. The summed E-state index contributed by atoms with van der Waals surface area (Å²) in [5.74, 6) is -0.566. The van der Waals surface area contributed by atoms with Gasteiger partial charge >= 0.3 is 0 Å². The van der Waals surface area contributed by atoms with E-state index in [-0.39, 0.29) is 12.3 Å². The average molecular weight is 402 g/mol. The predicted molar refractivity (Wildman–Crippen MR) is 98.0 cm³/mol. The van der Waals surface area contributed by atoms with Gasteiger partial charge in [0.1, 0.15) is 5.75 Å². The highest BCUT2D eigenvalue weighted by Crippen LogP contribution is 2.28. The van der Waals surface area contributed by atoms with Crippen molar-refractivity contribution in [1.82, 2.24) is 10.9 Å². The van der Waals surface area contributed by atoms with Crippen LogP contribution in [0.3, 0.4) is 0 Å². The number of carbonyl (C=O) groups is 2. The van der Waals surface area contributed by atoms with Gasteiger partial charge in [-0.2, -0.15) is 0 Å². The number of ether oxygens (including phenoxy) is 1. The second-order valence-corrected chi connectivity index (χ2v) is 6.46. The minimum absolute atomic E-state index is 0.107. The quantitative estimate of drug-likeness (QED) is 0.749. The van der Waals surface area contributed by atoms with Crippen molar-refractivity contribution < 1.29 is 14.3 Å². The van der Waals surface area contributed by atoms with E-state index in [1.807, 2.05) is 0 Å². The number of hydrogen-bond acceptors (Lipinski definition) is 3. The summed E-state index contributed by atoms with van der Waals surface area (Å²) >= 11 is 17.6. The zero-order valence-corrected chi connectivity index (χ0v) is 15.5. The van der Waals surface area contributed by atoms with E-state index >= 15 is 0 Å². The van der Waals surface area contributed by atoms with Gasteiger partial charge in [-0.25, -0.2) is 0 Å². The van der Waals surface area contributed by atoms with Gasteiger partial charge in [-0.1, -0.05) is 46.9 Å². The van der Waals surface area contributed by atoms with Crippen LogP contribution >= 0.6 is 34.8 Å². The van der Waals surface area contributed by atoms with Gasteiger partial charge in [-0.15, -0.1) is 0 Å². The summed E-state index contributed by atoms with van der Waals surface area (Å²) in [6, 6.07) is 11.5. The van der Waals surface area contributed by atoms with Crippen molar-refractivity contribution >= 4 is 46.6 Å². The second-order valence-electron chi connectivity index (χ2n) is 5.18. The van der Waals surface area contributed by atoms with Crippen LogP contribution in [-0.4, -0.2) is 17.9 Å². The highest BCUT2D eigenvalue weighted by molar-refractivity contribution is 6.35. The van der Waals surface area contributed by atoms with Crippen molar-refractivity contribution in [3.8, 4) is 5.75 Å². The fraction of sp³-hybridized carbons (Fsp3) is 0.176. The fourth-order valence-electron chi connectivity index (χ4n) is 1.88. The van der Waals surface area contributed by atoms with Crippen molar-refractivity contribution in [1.29, 1.82) is 0 Å². The zero-order valence-electron chi connectivity index (χ0n) is 13.2. The van der Waals surface area contributed by atoms with E-state index < -0.39 is 12.0 Å². The maximum absolute atomic E-state index is 12.0. The molecular formula is C17H15Cl3N2O3. The van der Waals surface area contributed by atoms with Crippen LogP contribution in [0.25, 0.3) is 0 Å². The minimum atomic E-state index is -0.866. The molecular weight excluding hydrogens is 387 g/mol. The second kappa shape index (κ2) is 8.94. The monoisotopic (exact) mass is 400 g/mol. The molecule has 0 saturated heterocycles. The Labute approximate surface area is 160 Å². The van der Waals surface area contributed by atoms with E-state index in [2.05, 4.69) is 10.9 Å². The maximum atomic E-state index is 12.0. The Balaban J connectivity index is 1.82. The molecule has 0 aliphatic rings. The molecule has 0 heterocycles. The van der Waals surface area contributed by atoms with Crippen molar-refractivity contribution in [2.45, 2.75) is 19.4 Å². The predicted octanol–water partition coefficient (Wildman–Crippen LogP) is 3.80. The van der Waals surface area contributed by atoms with E-state index in [4.69, 9.17) is 39.5 Å². The number of rotatable bonds is 5. The lowest BCUT2D eigenvalue weighted by Crippen LogP contribution is -2.47. The third-order valence-electron chi connectivity index (χ3n) is 3.17. The molecule has 0 radical (unpaired) electrons. The molecule has 0 saturated carbocycles. The van der Waals surface area contributed by atoms with Crippen LogP contribution in [0.4, 0.5) is 0 Å². The Hall–Kier alpha value is -1.95. The summed E-state index contributed by atoms with van der Waals surface area (Å²) < 4.78 is 5.46. The summed E-state index contributed by atoms with van der Waals surface area (Å²) in [5.41, 5.74) is 5.41. The Morgan fingerprint density at radius 1 is 1.00 bits per heavy atom. The van der Waals surface area contributed by atoms with E-state index in [1.54, 1.807) is 36.4 Å². The van der Waals surface area contributed by atoms with Gasteiger partial charge in [0, 0.05) is 10.0 Å². The molecule has 5 nitrogen and oxygen atoms in total. The molecule has 8 heteroatoms. The first-order chi connectivity index (χ1) is 11.8. The standard InChI is InChI=1S/C17H15Cl3N2O3/c1-10(25-15-7-6-13(19)9-14(15)20)17(24)22-21-16(23)8-11-2-4-12(18)5-3-11/h2-7,9-10H,8H2,1H3,(H,21,23)(H,22,24)/t10-/m1/s1. The van der Waals surface area contributed by atoms with Crippen LogP contribution in [0, 0.1) is 0 Å². The molecule has 1 atom stereocenters. The maximum Gasteiger partial charge on any atom is 0.279 e. The van der Waals surface area contributed by atoms with Crippen LogP contribution in [0.5, 0.6) is 5.75 Å². The summed E-state index contributed by atoms with van der Waals surface area (Å²) in [6.45, 7) is 1.53. The lowest BCUT2D eigenvalue weighted by atomic mass is 10.1. The molecule has 25 heavy (non-hydrogen) atoms. The van der Waals surface area contributed by atoms with Gasteiger partial charge < -0.3 is 4.74 Å². The topological polar surface area (TPSA) is 67.4 Å². The van der Waals surface area contributed by atoms with Crippen LogP contribution in [0.1, 0.15) is 12.5 Å². The van der Waals surface area contributed by atoms with E-state index in [1.165, 1.54) is 13.0 Å². The Bertz CT molecular complexity index is 766. The van der Waals surface area contributed by atoms with Gasteiger partial charge in [-0.3, -0.25) is 20.4 Å². The highest BCUT2D eigenvalue weighted by atomic mass is 35.5. The molecule has 2 aromatic rings. The lowest BCUT2D eigenvalue weighted by Gasteiger charge is -2.16. The van der Waals surface area contributed by atoms with Crippen molar-refractivity contribution in [3.63, 3.8) is 0 Å². The molecule has 0 aliphatic heterocycles. The first kappa shape index (κ1) is 19.4. The van der Waals surface area contributed by atoms with Gasteiger partial charge in [0.15, 0.2) is 6.10 Å². The van der Waals surface area contributed by atoms with Crippen LogP contribution in [0.2, 0.25) is 15.1 Å². The Morgan fingerprint density at radius 3 is 2.28 bits per heavy atom. The largest absolute Gasteiger partial charge is 0.479 e. The van der Waals surface area contributed by atoms with Crippen LogP contribution < -0.4 is 15.6 Å². The smallest absolute Gasteiger partial charge is 0.279 e. The van der Waals surface area contributed by atoms with Gasteiger partial charge in [-0.05, 0) is 42.8 Å². The molecule has 0 aliphatic carbocycles. The normalized spacial score (nSPS) is 11.5. The van der Waals surface area contributed by atoms with Crippen molar-refractivity contribution in [2.75, 3.05) is 0 Å². The molecule has 0 fully saturated rings. The fourth-order valence-corrected chi connectivity index (χ4v) is 2.46. The molecule has 2 amide bonds. The number of hydrazine groups is 1. The Morgan fingerprint density at radius 2 is 1.64 bits per heavy atom. The van der Waals surface area contributed by atoms with Gasteiger partial charge in [0.2, 0.25) is 5.91 Å². The average Bonchev–Trinajstić information content (AvgIpc) is 2.57. The Kier molecular flexibility index (Phi) is 6.93. The van der Waals surface area contributed by atoms with Gasteiger partial charge in [0.05, 0.1) is 11.4 Å². The van der Waals surface area contributed by atoms with Crippen molar-refractivity contribution in [2.24, 2.45) is 0 Å². The first-order valence-electron chi connectivity index (χ1n) is 7.30. The minimum Gasteiger partial charge on any atom is -0.479 e. The molecule has 0 spiro atoms. The first-order valence-corrected chi connectivity index (χ1v) is 8.43. The van der Waals surface area contributed by atoms with E-state index in [0.717, 1.165) is 5.56 Å². The molecule has 0 bridgehead atoms. The molecule has 132 valence electrons. The summed E-state index contributed by atoms with van der Waals surface area (Å²) in [6.07, 6.45) is -0.759. The SMILES string of the molecule is C[C@@H](Oc1ccc(Cl)cc1Cl)C(=O)NNC(=O)Cc1ccc(Cl)cc1. The summed E-state index contributed by atoms with van der Waals surface area (Å²) in [7, 11) is 0. The van der Waals surface area contributed by atoms with E-state index in [9.17, 15) is 9.59 Å². The third kappa shape index (κ3) is 6.12. The molecule has 0 unspecified atom stereocenters. The lowest BCUT2D eigenvalue weighted by molar-refractivity contribution is -0.132. The highest BCUT2D eigenvalue weighted by Gasteiger charge is 2.17. The number of amides is 2. The number of carbonyl (C=O) groups excluding carboxylic acids is 2. The van der Waals surface area contributed by atoms with E-state index in [0.29, 0.717) is 20.8 Å². The van der Waals surface area contributed by atoms with Gasteiger partial charge in [0.25, 0.3) is 5.91 Å². The molecule has 2 aromatic carbocycles. The number of halogens is 3. The number of hydrogen-bond donors (Lipinski definition) is 2. The number of nitrogens with one attached hydrogen (secondary N) is 2. The molecule has 2 N–H and O–H groups in total. The zero-order chi connectivity index (χ0) is 18.4. The van der Waals surface area contributed by atoms with Crippen LogP contribution in [-0.2, 0) is 16.0 Å². The van der Waals surface area contributed by atoms with Crippen LogP contribution in [0.15, 0.2) is 42.5 Å².